The molecule has 0 amide bonds. The van der Waals surface area contributed by atoms with Crippen molar-refractivity contribution in [1.82, 2.24) is 19.1 Å². The van der Waals surface area contributed by atoms with E-state index in [4.69, 9.17) is 24.7 Å². The van der Waals surface area contributed by atoms with Crippen molar-refractivity contribution < 1.29 is 49.2 Å². The molecule has 0 fully saturated rings. The molecule has 2 aromatic rings. The van der Waals surface area contributed by atoms with Crippen molar-refractivity contribution in [3.8, 4) is 0 Å². The number of carboxylic acids is 1. The van der Waals surface area contributed by atoms with E-state index in [-0.39, 0.29) is 30.1 Å². The lowest BCUT2D eigenvalue weighted by atomic mass is 10.4. The first kappa shape index (κ1) is 29.6. The number of carbonyl (C=O) groups is 1. The molecule has 0 saturated carbocycles. The Morgan fingerprint density at radius 3 is 1.66 bits per heavy atom. The number of nitrogens with zero attached hydrogens (tertiary/aromatic N) is 4. The van der Waals surface area contributed by atoms with Crippen molar-refractivity contribution >= 4 is 33.6 Å². The van der Waals surface area contributed by atoms with E-state index < -0.39 is 32.7 Å². The van der Waals surface area contributed by atoms with Gasteiger partial charge in [0, 0.05) is 38.9 Å². The van der Waals surface area contributed by atoms with Gasteiger partial charge in [0.2, 0.25) is 0 Å². The summed E-state index contributed by atoms with van der Waals surface area (Å²) in [7, 11) is -7.63. The third-order valence-electron chi connectivity index (χ3n) is 3.48. The van der Waals surface area contributed by atoms with Crippen LogP contribution in [-0.2, 0) is 40.9 Å². The quantitative estimate of drug-likeness (QED) is 0.263. The predicted octanol–water partition coefficient (Wildman–Crippen LogP) is -1.39. The first-order valence-corrected chi connectivity index (χ1v) is 10.4. The van der Waals surface area contributed by atoms with E-state index in [1.807, 2.05) is 0 Å². The second-order valence-electron chi connectivity index (χ2n) is 5.52. The van der Waals surface area contributed by atoms with Crippen LogP contribution in [0.5, 0.6) is 0 Å². The number of hydrogen-bond acceptors (Lipinski definition) is 6. The fraction of sp³-hybridized carbons (Fsp3) is 0.417. The number of aromatic nitrogens is 4. The molecule has 0 atom stereocenters. The standard InChI is InChI=1S/C6H12N2O7P2.C6H8N2O2.ClH.H2O/c1-8-3-2-7-5(8)4-6(9,16(10,11)12)17(13,14)15;1-8-3-2-7-5(8)4-6(9)10;;/h2-3,9H,4H2,1H3,(H2,10,11,12)(H2,13,14,15);2-3H,4H2,1H3,(H,9,10);1H;1H2. The molecule has 0 bridgehead atoms. The van der Waals surface area contributed by atoms with E-state index in [2.05, 4.69) is 9.97 Å². The fourth-order valence-corrected chi connectivity index (χ4v) is 3.91. The molecular weight excluding hydrogens is 458 g/mol. The highest BCUT2D eigenvalue weighted by Gasteiger charge is 2.59. The number of aliphatic hydroxyl groups is 1. The van der Waals surface area contributed by atoms with Crippen molar-refractivity contribution in [2.24, 2.45) is 14.1 Å². The van der Waals surface area contributed by atoms with Crippen LogP contribution in [-0.4, -0.2) is 65.4 Å². The lowest BCUT2D eigenvalue weighted by Gasteiger charge is -2.28. The summed E-state index contributed by atoms with van der Waals surface area (Å²) in [5.41, 5.74) is 0. The summed E-state index contributed by atoms with van der Waals surface area (Å²) in [6.07, 6.45) is 5.02. The second kappa shape index (κ2) is 11.0. The molecule has 2 aromatic heterocycles. The van der Waals surface area contributed by atoms with Crippen LogP contribution in [0.3, 0.4) is 0 Å². The van der Waals surface area contributed by atoms with Gasteiger partial charge in [-0.05, 0) is 0 Å². The topological polar surface area (TPSA) is 240 Å². The highest BCUT2D eigenvalue weighted by Crippen LogP contribution is 2.68. The molecule has 0 aliphatic carbocycles. The molecule has 0 aliphatic rings. The Bertz CT molecular complexity index is 867. The van der Waals surface area contributed by atoms with Crippen LogP contribution in [0.25, 0.3) is 0 Å². The Hall–Kier alpha value is -1.60. The molecule has 8 N–H and O–H groups in total. The minimum Gasteiger partial charge on any atom is -0.481 e. The SMILES string of the molecule is Cl.Cn1ccnc1CC(=O)O.Cn1ccnc1CC(O)(P(=O)(O)O)P(=O)(O)O.O. The molecule has 0 aromatic carbocycles. The lowest BCUT2D eigenvalue weighted by Crippen LogP contribution is -2.32. The maximum atomic E-state index is 11.1. The van der Waals surface area contributed by atoms with Gasteiger partial charge >= 0.3 is 21.2 Å². The summed E-state index contributed by atoms with van der Waals surface area (Å²) in [6.45, 7) is 0. The van der Waals surface area contributed by atoms with Crippen LogP contribution in [0.15, 0.2) is 24.8 Å². The Morgan fingerprint density at radius 2 is 1.38 bits per heavy atom. The predicted molar refractivity (Wildman–Crippen MR) is 101 cm³/mol. The van der Waals surface area contributed by atoms with Crippen molar-refractivity contribution in [3.63, 3.8) is 0 Å². The van der Waals surface area contributed by atoms with Crippen molar-refractivity contribution in [2.75, 3.05) is 0 Å². The van der Waals surface area contributed by atoms with Crippen LogP contribution in [0.2, 0.25) is 0 Å². The molecular formula is C12H23ClN4O10P2. The normalized spacial score (nSPS) is 11.6. The summed E-state index contributed by atoms with van der Waals surface area (Å²) in [4.78, 5) is 53.2. The summed E-state index contributed by atoms with van der Waals surface area (Å²) in [5.74, 6) is -0.332. The molecule has 0 unspecified atom stereocenters. The zero-order chi connectivity index (χ0) is 21.0. The third-order valence-corrected chi connectivity index (χ3v) is 7.23. The first-order chi connectivity index (χ1) is 12.2. The van der Waals surface area contributed by atoms with Gasteiger partial charge in [0.05, 0.1) is 6.42 Å². The molecule has 2 rings (SSSR count). The number of hydrogen-bond donors (Lipinski definition) is 6. The van der Waals surface area contributed by atoms with Gasteiger partial charge in [0.15, 0.2) is 0 Å². The first-order valence-electron chi connectivity index (χ1n) is 7.17. The zero-order valence-electron chi connectivity index (χ0n) is 15.2. The number of rotatable bonds is 6. The molecule has 0 radical (unpaired) electrons. The number of aryl methyl sites for hydroxylation is 2. The van der Waals surface area contributed by atoms with E-state index >= 15 is 0 Å². The molecule has 168 valence electrons. The van der Waals surface area contributed by atoms with Crippen molar-refractivity contribution in [2.45, 2.75) is 17.9 Å². The summed E-state index contributed by atoms with van der Waals surface area (Å²) in [5, 5.41) is 14.5. The molecule has 29 heavy (non-hydrogen) atoms. The summed E-state index contributed by atoms with van der Waals surface area (Å²) < 4.78 is 25.1. The Balaban J connectivity index is 0. The third kappa shape index (κ3) is 7.63. The number of aliphatic carboxylic acids is 1. The van der Waals surface area contributed by atoms with Crippen LogP contribution in [0.4, 0.5) is 0 Å². The second-order valence-corrected chi connectivity index (χ2v) is 9.53. The van der Waals surface area contributed by atoms with E-state index in [1.165, 1.54) is 24.0 Å². The van der Waals surface area contributed by atoms with Gasteiger partial charge in [-0.15, -0.1) is 12.4 Å². The van der Waals surface area contributed by atoms with Gasteiger partial charge in [0.1, 0.15) is 18.1 Å². The summed E-state index contributed by atoms with van der Waals surface area (Å²) in [6, 6.07) is 0. The average Bonchev–Trinajstić information content (AvgIpc) is 3.06. The monoisotopic (exact) mass is 480 g/mol. The maximum absolute atomic E-state index is 11.1. The van der Waals surface area contributed by atoms with E-state index in [1.54, 1.807) is 24.0 Å². The number of imidazole rings is 2. The van der Waals surface area contributed by atoms with E-state index in [0.29, 0.717) is 5.82 Å². The minimum absolute atomic E-state index is 0. The molecule has 0 spiro atoms. The van der Waals surface area contributed by atoms with Crippen molar-refractivity contribution in [1.29, 1.82) is 0 Å². The lowest BCUT2D eigenvalue weighted by molar-refractivity contribution is -0.136. The van der Waals surface area contributed by atoms with E-state index in [0.717, 1.165) is 0 Å². The van der Waals surface area contributed by atoms with Gasteiger partial charge in [0.25, 0.3) is 5.08 Å². The molecule has 17 heteroatoms. The number of halogens is 1. The van der Waals surface area contributed by atoms with Gasteiger partial charge < -0.3 is 44.4 Å². The zero-order valence-corrected chi connectivity index (χ0v) is 17.8. The van der Waals surface area contributed by atoms with Crippen LogP contribution >= 0.6 is 27.6 Å². The van der Waals surface area contributed by atoms with Gasteiger partial charge in [-0.2, -0.15) is 0 Å². The Labute approximate surface area is 170 Å². The molecule has 14 nitrogen and oxygen atoms in total. The molecule has 2 heterocycles. The average molecular weight is 481 g/mol. The van der Waals surface area contributed by atoms with Crippen LogP contribution < -0.4 is 0 Å². The van der Waals surface area contributed by atoms with Gasteiger partial charge in [-0.1, -0.05) is 0 Å². The molecule has 0 saturated heterocycles. The number of carboxylic acid groups (broad SMARTS) is 1. The van der Waals surface area contributed by atoms with Crippen LogP contribution in [0, 0.1) is 0 Å². The smallest absolute Gasteiger partial charge is 0.369 e. The highest BCUT2D eigenvalue weighted by molar-refractivity contribution is 7.72. The Morgan fingerprint density at radius 1 is 1.00 bits per heavy atom. The fourth-order valence-electron chi connectivity index (χ4n) is 1.86. The van der Waals surface area contributed by atoms with Gasteiger partial charge in [-0.3, -0.25) is 13.9 Å². The highest BCUT2D eigenvalue weighted by atomic mass is 35.5. The minimum atomic E-state index is -5.43. The summed E-state index contributed by atoms with van der Waals surface area (Å²) >= 11 is 0. The molecule has 0 aliphatic heterocycles. The van der Waals surface area contributed by atoms with Crippen molar-refractivity contribution in [3.05, 3.63) is 36.4 Å². The van der Waals surface area contributed by atoms with E-state index in [9.17, 15) is 19.0 Å². The largest absolute Gasteiger partial charge is 0.481 e. The van der Waals surface area contributed by atoms with Crippen LogP contribution in [0.1, 0.15) is 11.6 Å². The Kier molecular flexibility index (Phi) is 11.2. The van der Waals surface area contributed by atoms with Gasteiger partial charge in [-0.25, -0.2) is 9.97 Å². The maximum Gasteiger partial charge on any atom is 0.369 e.